The molecule has 0 saturated heterocycles. The summed E-state index contributed by atoms with van der Waals surface area (Å²) in [6.07, 6.45) is 5.95. The minimum Gasteiger partial charge on any atom is -0.498 e. The molecule has 1 aliphatic rings. The van der Waals surface area contributed by atoms with Crippen LogP contribution in [0.5, 0.6) is 11.5 Å². The summed E-state index contributed by atoms with van der Waals surface area (Å²) in [6.45, 7) is 0. The zero-order valence-corrected chi connectivity index (χ0v) is 15.6. The van der Waals surface area contributed by atoms with E-state index in [1.54, 1.807) is 28.4 Å². The van der Waals surface area contributed by atoms with E-state index in [0.29, 0.717) is 5.75 Å². The fraction of sp³-hybridized carbons (Fsp3) is 0.273. The van der Waals surface area contributed by atoms with Crippen molar-refractivity contribution in [2.75, 3.05) is 28.4 Å². The Labute approximate surface area is 154 Å². The first-order chi connectivity index (χ1) is 12.7. The van der Waals surface area contributed by atoms with E-state index in [1.807, 2.05) is 30.4 Å². The second-order valence-corrected chi connectivity index (χ2v) is 6.01. The summed E-state index contributed by atoms with van der Waals surface area (Å²) in [7, 11) is 6.68. The third-order valence-electron chi connectivity index (χ3n) is 4.66. The third-order valence-corrected chi connectivity index (χ3v) is 4.66. The van der Waals surface area contributed by atoms with Crippen LogP contribution in [0.1, 0.15) is 11.5 Å². The van der Waals surface area contributed by atoms with Crippen LogP contribution in [0.25, 0.3) is 11.1 Å². The van der Waals surface area contributed by atoms with E-state index in [4.69, 9.17) is 18.9 Å². The molecule has 2 aromatic carbocycles. The molecule has 2 atom stereocenters. The first-order valence-electron chi connectivity index (χ1n) is 8.50. The first-order valence-corrected chi connectivity index (χ1v) is 8.50. The first kappa shape index (κ1) is 18.1. The van der Waals surface area contributed by atoms with E-state index >= 15 is 0 Å². The van der Waals surface area contributed by atoms with Gasteiger partial charge >= 0.3 is 0 Å². The second-order valence-electron chi connectivity index (χ2n) is 6.01. The van der Waals surface area contributed by atoms with Crippen molar-refractivity contribution in [3.05, 3.63) is 72.0 Å². The molecule has 0 aromatic heterocycles. The lowest BCUT2D eigenvalue weighted by molar-refractivity contribution is 0.0676. The van der Waals surface area contributed by atoms with Crippen LogP contribution in [-0.4, -0.2) is 34.5 Å². The van der Waals surface area contributed by atoms with Gasteiger partial charge in [0, 0.05) is 18.6 Å². The summed E-state index contributed by atoms with van der Waals surface area (Å²) < 4.78 is 22.2. The maximum absolute atomic E-state index is 5.70. The van der Waals surface area contributed by atoms with Crippen LogP contribution < -0.4 is 9.47 Å². The van der Waals surface area contributed by atoms with E-state index in [-0.39, 0.29) is 12.0 Å². The molecule has 0 saturated carbocycles. The number of methoxy groups -OCH3 is 4. The lowest BCUT2D eigenvalue weighted by Crippen LogP contribution is -2.25. The van der Waals surface area contributed by atoms with Gasteiger partial charge < -0.3 is 18.9 Å². The fourth-order valence-electron chi connectivity index (χ4n) is 3.40. The highest BCUT2D eigenvalue weighted by Crippen LogP contribution is 2.39. The normalized spacial score (nSPS) is 19.0. The maximum Gasteiger partial charge on any atom is 0.168 e. The molecule has 1 unspecified atom stereocenters. The van der Waals surface area contributed by atoms with Gasteiger partial charge in [-0.1, -0.05) is 48.6 Å². The van der Waals surface area contributed by atoms with Gasteiger partial charge in [-0.05, 0) is 23.3 Å². The molecule has 0 amide bonds. The predicted octanol–water partition coefficient (Wildman–Crippen LogP) is 4.57. The lowest BCUT2D eigenvalue weighted by Gasteiger charge is -2.28. The van der Waals surface area contributed by atoms with Gasteiger partial charge in [0.2, 0.25) is 0 Å². The Bertz CT molecular complexity index is 823. The van der Waals surface area contributed by atoms with Crippen LogP contribution in [0.15, 0.2) is 66.5 Å². The number of allylic oxidation sites excluding steroid dienone is 2. The fourth-order valence-corrected chi connectivity index (χ4v) is 3.40. The molecule has 0 bridgehead atoms. The highest BCUT2D eigenvalue weighted by atomic mass is 16.5. The third kappa shape index (κ3) is 3.33. The van der Waals surface area contributed by atoms with Crippen molar-refractivity contribution in [3.8, 4) is 22.6 Å². The summed E-state index contributed by atoms with van der Waals surface area (Å²) in [5.74, 6) is 2.35. The van der Waals surface area contributed by atoms with Crippen LogP contribution in [0, 0.1) is 0 Å². The Balaban J connectivity index is 2.02. The van der Waals surface area contributed by atoms with E-state index in [2.05, 4.69) is 30.3 Å². The molecule has 26 heavy (non-hydrogen) atoms. The van der Waals surface area contributed by atoms with Crippen LogP contribution >= 0.6 is 0 Å². The van der Waals surface area contributed by atoms with Gasteiger partial charge in [-0.25, -0.2) is 0 Å². The van der Waals surface area contributed by atoms with Gasteiger partial charge in [0.25, 0.3) is 0 Å². The number of hydrogen-bond donors (Lipinski definition) is 0. The van der Waals surface area contributed by atoms with E-state index < -0.39 is 0 Å². The largest absolute Gasteiger partial charge is 0.498 e. The topological polar surface area (TPSA) is 36.9 Å². The molecule has 4 nitrogen and oxygen atoms in total. The molecule has 2 aromatic rings. The van der Waals surface area contributed by atoms with E-state index in [9.17, 15) is 0 Å². The van der Waals surface area contributed by atoms with Crippen molar-refractivity contribution in [2.24, 2.45) is 0 Å². The van der Waals surface area contributed by atoms with E-state index in [0.717, 1.165) is 28.2 Å². The second kappa shape index (κ2) is 8.11. The van der Waals surface area contributed by atoms with Crippen molar-refractivity contribution < 1.29 is 18.9 Å². The average Bonchev–Trinajstić information content (AvgIpc) is 2.72. The summed E-state index contributed by atoms with van der Waals surface area (Å²) in [5.41, 5.74) is 3.21. The maximum atomic E-state index is 5.70. The number of benzene rings is 2. The molecule has 0 heterocycles. The Morgan fingerprint density at radius 2 is 1.65 bits per heavy atom. The minimum atomic E-state index is -0.146. The quantitative estimate of drug-likeness (QED) is 0.763. The van der Waals surface area contributed by atoms with Gasteiger partial charge in [0.05, 0.1) is 21.3 Å². The standard InChI is InChI=1S/C22H24O4/c1-23-19-12-6-10-17(21(19)25-3)15-8-5-9-16(14-15)18-11-7-13-20(24-2)22(18)26-4/h5-14,17,21H,1-4H3/t17?,21-/m0/s1. The van der Waals surface area contributed by atoms with Crippen LogP contribution in [0.2, 0.25) is 0 Å². The Kier molecular flexibility index (Phi) is 5.64. The van der Waals surface area contributed by atoms with Crippen molar-refractivity contribution in [3.63, 3.8) is 0 Å². The molecule has 3 rings (SSSR count). The zero-order chi connectivity index (χ0) is 18.5. The van der Waals surface area contributed by atoms with Crippen molar-refractivity contribution in [1.82, 2.24) is 0 Å². The predicted molar refractivity (Wildman–Crippen MR) is 103 cm³/mol. The molecular formula is C22H24O4. The average molecular weight is 352 g/mol. The molecule has 1 aliphatic carbocycles. The smallest absolute Gasteiger partial charge is 0.168 e. The van der Waals surface area contributed by atoms with Crippen molar-refractivity contribution in [1.29, 1.82) is 0 Å². The number of rotatable bonds is 6. The van der Waals surface area contributed by atoms with Crippen LogP contribution in [0.4, 0.5) is 0 Å². The minimum absolute atomic E-state index is 0.0801. The molecule has 0 radical (unpaired) electrons. The van der Waals surface area contributed by atoms with Crippen molar-refractivity contribution >= 4 is 0 Å². The lowest BCUT2D eigenvalue weighted by atomic mass is 9.87. The zero-order valence-electron chi connectivity index (χ0n) is 15.6. The Morgan fingerprint density at radius 3 is 2.35 bits per heavy atom. The summed E-state index contributed by atoms with van der Waals surface area (Å²) in [5, 5.41) is 0. The van der Waals surface area contributed by atoms with Crippen LogP contribution in [0.3, 0.4) is 0 Å². The molecule has 0 aliphatic heterocycles. The summed E-state index contributed by atoms with van der Waals surface area (Å²) in [4.78, 5) is 0. The van der Waals surface area contributed by atoms with Gasteiger partial charge in [0.15, 0.2) is 11.5 Å². The van der Waals surface area contributed by atoms with Crippen LogP contribution in [-0.2, 0) is 9.47 Å². The SMILES string of the molecule is COC1=CC=CC(c2cccc(-c3cccc(OC)c3OC)c2)[C@@H]1OC. The highest BCUT2D eigenvalue weighted by molar-refractivity contribution is 5.74. The summed E-state index contributed by atoms with van der Waals surface area (Å²) >= 11 is 0. The number of para-hydroxylation sites is 1. The molecule has 4 heteroatoms. The Morgan fingerprint density at radius 1 is 0.846 bits per heavy atom. The number of hydrogen-bond acceptors (Lipinski definition) is 4. The number of ether oxygens (including phenoxy) is 4. The molecule has 136 valence electrons. The van der Waals surface area contributed by atoms with Gasteiger partial charge in [0.1, 0.15) is 11.9 Å². The monoisotopic (exact) mass is 352 g/mol. The van der Waals surface area contributed by atoms with Crippen molar-refractivity contribution in [2.45, 2.75) is 12.0 Å². The Hall–Kier alpha value is -2.72. The highest BCUT2D eigenvalue weighted by Gasteiger charge is 2.27. The van der Waals surface area contributed by atoms with Gasteiger partial charge in [-0.2, -0.15) is 0 Å². The molecule has 0 spiro atoms. The molecule has 0 fully saturated rings. The van der Waals surface area contributed by atoms with E-state index in [1.165, 1.54) is 0 Å². The molecular weight excluding hydrogens is 328 g/mol. The summed E-state index contributed by atoms with van der Waals surface area (Å²) in [6, 6.07) is 14.3. The van der Waals surface area contributed by atoms with Gasteiger partial charge in [-0.3, -0.25) is 0 Å². The van der Waals surface area contributed by atoms with Gasteiger partial charge in [-0.15, -0.1) is 0 Å². The molecule has 0 N–H and O–H groups in total.